The van der Waals surface area contributed by atoms with Crippen molar-refractivity contribution in [2.24, 2.45) is 5.73 Å². The maximum atomic E-state index is 14.3. The first-order valence-corrected chi connectivity index (χ1v) is 10.8. The van der Waals surface area contributed by atoms with Crippen molar-refractivity contribution in [1.29, 1.82) is 5.41 Å². The number of benzene rings is 1. The average Bonchev–Trinajstić information content (AvgIpc) is 2.80. The van der Waals surface area contributed by atoms with Gasteiger partial charge in [-0.25, -0.2) is 9.37 Å². The van der Waals surface area contributed by atoms with Crippen molar-refractivity contribution in [3.05, 3.63) is 82.5 Å². The van der Waals surface area contributed by atoms with Gasteiger partial charge in [-0.2, -0.15) is 0 Å². The van der Waals surface area contributed by atoms with Crippen molar-refractivity contribution < 1.29 is 4.39 Å². The smallest absolute Gasteiger partial charge is 0.132 e. The third kappa shape index (κ3) is 4.42. The molecule has 3 aromatic rings. The molecule has 0 spiro atoms. The van der Waals surface area contributed by atoms with Crippen LogP contribution in [0.1, 0.15) is 36.1 Å². The molecule has 0 fully saturated rings. The molecule has 1 unspecified atom stereocenters. The van der Waals surface area contributed by atoms with E-state index in [-0.39, 0.29) is 11.3 Å². The van der Waals surface area contributed by atoms with Gasteiger partial charge in [0.2, 0.25) is 0 Å². The van der Waals surface area contributed by atoms with Crippen LogP contribution in [0.2, 0.25) is 5.02 Å². The lowest BCUT2D eigenvalue weighted by molar-refractivity contribution is 0.277. The van der Waals surface area contributed by atoms with Gasteiger partial charge in [0.25, 0.3) is 0 Å². The molecule has 2 heterocycles. The Balaban J connectivity index is 1.68. The predicted molar refractivity (Wildman–Crippen MR) is 129 cm³/mol. The molecule has 1 atom stereocenters. The molecule has 7 heteroatoms. The molecule has 1 aliphatic rings. The highest BCUT2D eigenvalue weighted by Crippen LogP contribution is 2.30. The van der Waals surface area contributed by atoms with Gasteiger partial charge in [0, 0.05) is 34.6 Å². The molecule has 0 saturated heterocycles. The highest BCUT2D eigenvalue weighted by atomic mass is 35.5. The van der Waals surface area contributed by atoms with Crippen LogP contribution in [0.15, 0.2) is 54.9 Å². The van der Waals surface area contributed by atoms with Crippen LogP contribution in [0.3, 0.4) is 0 Å². The normalized spacial score (nSPS) is 17.0. The molecule has 0 radical (unpaired) electrons. The summed E-state index contributed by atoms with van der Waals surface area (Å²) in [6.45, 7) is 0. The zero-order valence-electron chi connectivity index (χ0n) is 18.1. The molecule has 0 aliphatic heterocycles. The summed E-state index contributed by atoms with van der Waals surface area (Å²) in [5, 5.41) is 8.86. The van der Waals surface area contributed by atoms with Gasteiger partial charge in [-0.1, -0.05) is 17.7 Å². The van der Waals surface area contributed by atoms with Gasteiger partial charge in [0.15, 0.2) is 0 Å². The SMILES string of the molecule is CN(C)C1CC=C(c2cnc3ccc(/C(=C/N)C(=N)c4cc(Cl)ccc4F)nc3c2)CC1. The second-order valence-electron chi connectivity index (χ2n) is 8.16. The Morgan fingerprint density at radius 2 is 2.03 bits per heavy atom. The molecule has 5 nitrogen and oxygen atoms in total. The summed E-state index contributed by atoms with van der Waals surface area (Å²) in [5.74, 6) is -0.538. The molecular formula is C25H25ClFN5. The number of rotatable bonds is 5. The Morgan fingerprint density at radius 3 is 2.72 bits per heavy atom. The molecule has 2 aromatic heterocycles. The fourth-order valence-electron chi connectivity index (χ4n) is 4.01. The van der Waals surface area contributed by atoms with Crippen LogP contribution in [-0.2, 0) is 0 Å². The van der Waals surface area contributed by atoms with Crippen molar-refractivity contribution in [2.45, 2.75) is 25.3 Å². The van der Waals surface area contributed by atoms with Crippen LogP contribution in [-0.4, -0.2) is 40.7 Å². The second-order valence-corrected chi connectivity index (χ2v) is 8.60. The average molecular weight is 450 g/mol. The van der Waals surface area contributed by atoms with E-state index in [0.717, 1.165) is 30.3 Å². The van der Waals surface area contributed by atoms with Crippen LogP contribution in [0.5, 0.6) is 0 Å². The largest absolute Gasteiger partial charge is 0.404 e. The number of pyridine rings is 2. The van der Waals surface area contributed by atoms with Crippen molar-refractivity contribution in [1.82, 2.24) is 14.9 Å². The number of aromatic nitrogens is 2. The highest BCUT2D eigenvalue weighted by molar-refractivity contribution is 6.33. The number of hydrogen-bond donors (Lipinski definition) is 2. The summed E-state index contributed by atoms with van der Waals surface area (Å²) < 4.78 is 14.3. The lowest BCUT2D eigenvalue weighted by Gasteiger charge is -2.27. The van der Waals surface area contributed by atoms with Crippen LogP contribution in [0.25, 0.3) is 22.2 Å². The lowest BCUT2D eigenvalue weighted by atomic mass is 9.91. The molecule has 1 aromatic carbocycles. The van der Waals surface area contributed by atoms with Gasteiger partial charge in [-0.3, -0.25) is 10.4 Å². The van der Waals surface area contributed by atoms with Gasteiger partial charge in [-0.05, 0) is 80.9 Å². The fraction of sp³-hybridized carbons (Fsp3) is 0.240. The van der Waals surface area contributed by atoms with Crippen LogP contribution < -0.4 is 5.73 Å². The van der Waals surface area contributed by atoms with Crippen LogP contribution >= 0.6 is 11.6 Å². The third-order valence-corrected chi connectivity index (χ3v) is 6.17. The number of allylic oxidation sites excluding steroid dienone is 2. The fourth-order valence-corrected chi connectivity index (χ4v) is 4.19. The zero-order valence-corrected chi connectivity index (χ0v) is 18.8. The number of nitrogens with zero attached hydrogens (tertiary/aromatic N) is 3. The minimum Gasteiger partial charge on any atom is -0.404 e. The summed E-state index contributed by atoms with van der Waals surface area (Å²) in [4.78, 5) is 11.5. The first-order valence-electron chi connectivity index (χ1n) is 10.5. The number of hydrogen-bond acceptors (Lipinski definition) is 5. The first-order chi connectivity index (χ1) is 15.4. The van der Waals surface area contributed by atoms with E-state index in [2.05, 4.69) is 30.1 Å². The van der Waals surface area contributed by atoms with E-state index in [9.17, 15) is 4.39 Å². The standard InChI is InChI=1S/C25H25ClFN5/c1-32(2)18-6-3-15(4-7-18)16-11-24-23(30-14-16)10-9-22(31-24)20(13-28)25(29)19-12-17(26)5-8-21(19)27/h3,5,8-14,18,29H,4,6-7,28H2,1-2H3/b20-13-,29-25?. The van der Waals surface area contributed by atoms with Gasteiger partial charge < -0.3 is 10.6 Å². The highest BCUT2D eigenvalue weighted by Gasteiger charge is 2.19. The maximum Gasteiger partial charge on any atom is 0.132 e. The Hall–Kier alpha value is -3.09. The molecule has 1 aliphatic carbocycles. The molecule has 3 N–H and O–H groups in total. The zero-order chi connectivity index (χ0) is 22.8. The molecule has 0 bridgehead atoms. The Kier molecular flexibility index (Phi) is 6.35. The van der Waals surface area contributed by atoms with E-state index in [0.29, 0.717) is 27.8 Å². The van der Waals surface area contributed by atoms with Crippen LogP contribution in [0, 0.1) is 11.2 Å². The lowest BCUT2D eigenvalue weighted by Crippen LogP contribution is -2.28. The number of nitrogens with one attached hydrogen (secondary N) is 1. The van der Waals surface area contributed by atoms with Crippen molar-refractivity contribution in [2.75, 3.05) is 14.1 Å². The van der Waals surface area contributed by atoms with E-state index in [4.69, 9.17) is 27.7 Å². The van der Waals surface area contributed by atoms with Crippen molar-refractivity contribution in [3.63, 3.8) is 0 Å². The van der Waals surface area contributed by atoms with E-state index in [1.807, 2.05) is 18.3 Å². The number of halogens is 2. The quantitative estimate of drug-likeness (QED) is 0.519. The Bertz CT molecular complexity index is 1250. The molecule has 0 amide bonds. The molecule has 4 rings (SSSR count). The summed E-state index contributed by atoms with van der Waals surface area (Å²) in [6.07, 6.45) is 8.54. The van der Waals surface area contributed by atoms with Gasteiger partial charge in [0.05, 0.1) is 22.4 Å². The summed E-state index contributed by atoms with van der Waals surface area (Å²) in [5.41, 5.74) is 10.4. The Labute approximate surface area is 191 Å². The summed E-state index contributed by atoms with van der Waals surface area (Å²) >= 11 is 6.00. The van der Waals surface area contributed by atoms with Crippen molar-refractivity contribution in [3.8, 4) is 0 Å². The molecular weight excluding hydrogens is 425 g/mol. The minimum atomic E-state index is -0.538. The predicted octanol–water partition coefficient (Wildman–Crippen LogP) is 5.29. The summed E-state index contributed by atoms with van der Waals surface area (Å²) in [7, 11) is 4.23. The number of fused-ring (bicyclic) bond motifs is 1. The van der Waals surface area contributed by atoms with Gasteiger partial charge >= 0.3 is 0 Å². The number of nitrogens with two attached hydrogens (primary N) is 1. The third-order valence-electron chi connectivity index (χ3n) is 5.93. The molecule has 32 heavy (non-hydrogen) atoms. The van der Waals surface area contributed by atoms with E-state index in [1.165, 1.54) is 30.0 Å². The minimum absolute atomic E-state index is 0.0748. The molecule has 164 valence electrons. The molecule has 0 saturated carbocycles. The maximum absolute atomic E-state index is 14.3. The van der Waals surface area contributed by atoms with Crippen LogP contribution in [0.4, 0.5) is 4.39 Å². The van der Waals surface area contributed by atoms with E-state index >= 15 is 0 Å². The van der Waals surface area contributed by atoms with Gasteiger partial charge in [-0.15, -0.1) is 0 Å². The summed E-state index contributed by atoms with van der Waals surface area (Å²) in [6, 6.07) is 10.3. The second kappa shape index (κ2) is 9.18. The van der Waals surface area contributed by atoms with Crippen molar-refractivity contribution >= 4 is 39.5 Å². The van der Waals surface area contributed by atoms with Gasteiger partial charge in [0.1, 0.15) is 5.82 Å². The van der Waals surface area contributed by atoms with E-state index in [1.54, 1.807) is 6.07 Å². The van der Waals surface area contributed by atoms with E-state index < -0.39 is 5.82 Å². The monoisotopic (exact) mass is 449 g/mol. The first kappa shape index (κ1) is 22.1. The Morgan fingerprint density at radius 1 is 1.22 bits per heavy atom. The topological polar surface area (TPSA) is 78.9 Å².